The lowest BCUT2D eigenvalue weighted by Gasteiger charge is -2.16. The van der Waals surface area contributed by atoms with Crippen LogP contribution in [0.25, 0.3) is 0 Å². The zero-order valence-corrected chi connectivity index (χ0v) is 11.9. The van der Waals surface area contributed by atoms with Crippen molar-refractivity contribution < 1.29 is 13.2 Å². The van der Waals surface area contributed by atoms with Crippen LogP contribution in [0.15, 0.2) is 23.1 Å². The summed E-state index contributed by atoms with van der Waals surface area (Å²) in [5, 5.41) is 2.78. The fourth-order valence-electron chi connectivity index (χ4n) is 1.34. The van der Waals surface area contributed by atoms with Crippen LogP contribution in [0, 0.1) is 0 Å². The van der Waals surface area contributed by atoms with Gasteiger partial charge >= 0.3 is 0 Å². The first-order valence-electron chi connectivity index (χ1n) is 5.54. The summed E-state index contributed by atoms with van der Waals surface area (Å²) in [6, 6.07) is 3.60. The Morgan fingerprint density at radius 3 is 2.42 bits per heavy atom. The van der Waals surface area contributed by atoms with Crippen LogP contribution in [0.1, 0.15) is 6.92 Å². The zero-order chi connectivity index (χ0) is 14.8. The summed E-state index contributed by atoms with van der Waals surface area (Å²) < 4.78 is 25.1. The molecule has 1 aromatic carbocycles. The summed E-state index contributed by atoms with van der Waals surface area (Å²) in [7, 11) is -0.680. The number of carbonyl (C=O) groups excluding carboxylic acids is 1. The van der Waals surface area contributed by atoms with Crippen molar-refractivity contribution in [3.05, 3.63) is 18.2 Å². The molecular formula is C11H18N4O3S. The molecule has 1 unspecified atom stereocenters. The molecule has 0 bridgehead atoms. The van der Waals surface area contributed by atoms with Gasteiger partial charge in [0, 0.05) is 14.1 Å². The van der Waals surface area contributed by atoms with Gasteiger partial charge in [-0.25, -0.2) is 12.7 Å². The molecule has 1 rings (SSSR count). The minimum atomic E-state index is -3.55. The van der Waals surface area contributed by atoms with Crippen molar-refractivity contribution in [1.29, 1.82) is 0 Å². The molecule has 8 heteroatoms. The summed E-state index contributed by atoms with van der Waals surface area (Å²) in [4.78, 5) is 11.1. The van der Waals surface area contributed by atoms with Crippen LogP contribution in [0.2, 0.25) is 0 Å². The topological polar surface area (TPSA) is 119 Å². The van der Waals surface area contributed by atoms with Crippen LogP contribution in [0.3, 0.4) is 0 Å². The minimum absolute atomic E-state index is 0.0888. The Morgan fingerprint density at radius 2 is 1.95 bits per heavy atom. The normalized spacial score (nSPS) is 13.3. The molecule has 0 aromatic heterocycles. The Kier molecular flexibility index (Phi) is 4.38. The van der Waals surface area contributed by atoms with Crippen LogP contribution in [0.4, 0.5) is 11.4 Å². The van der Waals surface area contributed by atoms with Crippen molar-refractivity contribution in [2.45, 2.75) is 17.9 Å². The smallest absolute Gasteiger partial charge is 0.242 e. The summed E-state index contributed by atoms with van der Waals surface area (Å²) in [5.41, 5.74) is 11.6. The Morgan fingerprint density at radius 1 is 1.37 bits per heavy atom. The number of carbonyl (C=O) groups is 1. The molecule has 1 atom stereocenters. The Bertz CT molecular complexity index is 584. The van der Waals surface area contributed by atoms with Crippen molar-refractivity contribution in [2.24, 2.45) is 5.73 Å². The van der Waals surface area contributed by atoms with Gasteiger partial charge in [-0.2, -0.15) is 0 Å². The molecule has 0 fully saturated rings. The standard InChI is InChI=1S/C11H18N4O3S/c1-7(11(13)16)14-10-6-8(4-5-9(10)12)19(17,18)15(2)3/h4-7,14H,12H2,1-3H3,(H2,13,16). The van der Waals surface area contributed by atoms with Gasteiger partial charge in [0.05, 0.1) is 16.3 Å². The molecule has 0 saturated heterocycles. The van der Waals surface area contributed by atoms with Crippen LogP contribution >= 0.6 is 0 Å². The fraction of sp³-hybridized carbons (Fsp3) is 0.364. The molecule has 0 aliphatic carbocycles. The van der Waals surface area contributed by atoms with Gasteiger partial charge in [-0.15, -0.1) is 0 Å². The molecule has 0 spiro atoms. The summed E-state index contributed by atoms with van der Waals surface area (Å²) in [6.07, 6.45) is 0. The Labute approximate surface area is 112 Å². The lowest BCUT2D eigenvalue weighted by Crippen LogP contribution is -2.32. The van der Waals surface area contributed by atoms with E-state index in [4.69, 9.17) is 11.5 Å². The first-order valence-corrected chi connectivity index (χ1v) is 6.98. The largest absolute Gasteiger partial charge is 0.397 e. The van der Waals surface area contributed by atoms with E-state index in [-0.39, 0.29) is 4.90 Å². The predicted molar refractivity (Wildman–Crippen MR) is 74.0 cm³/mol. The maximum atomic E-state index is 12.0. The monoisotopic (exact) mass is 286 g/mol. The van der Waals surface area contributed by atoms with Gasteiger partial charge in [0.25, 0.3) is 0 Å². The SMILES string of the molecule is CC(Nc1cc(S(=O)(=O)N(C)C)ccc1N)C(N)=O. The second-order valence-corrected chi connectivity index (χ2v) is 6.46. The zero-order valence-electron chi connectivity index (χ0n) is 11.0. The van der Waals surface area contributed by atoms with Gasteiger partial charge in [0.15, 0.2) is 0 Å². The number of benzene rings is 1. The van der Waals surface area contributed by atoms with E-state index >= 15 is 0 Å². The number of anilines is 2. The van der Waals surface area contributed by atoms with Crippen molar-refractivity contribution in [2.75, 3.05) is 25.1 Å². The maximum absolute atomic E-state index is 12.0. The van der Waals surface area contributed by atoms with E-state index in [0.717, 1.165) is 4.31 Å². The summed E-state index contributed by atoms with van der Waals surface area (Å²) in [6.45, 7) is 1.56. The molecule has 0 radical (unpaired) electrons. The van der Waals surface area contributed by atoms with Crippen LogP contribution in [-0.2, 0) is 14.8 Å². The number of rotatable bonds is 5. The average Bonchev–Trinajstić information content (AvgIpc) is 2.31. The highest BCUT2D eigenvalue weighted by Gasteiger charge is 2.19. The number of hydrogen-bond acceptors (Lipinski definition) is 5. The number of sulfonamides is 1. The Hall–Kier alpha value is -1.80. The van der Waals surface area contributed by atoms with E-state index in [1.165, 1.54) is 32.3 Å². The molecule has 0 saturated carbocycles. The third-order valence-electron chi connectivity index (χ3n) is 2.60. The lowest BCUT2D eigenvalue weighted by molar-refractivity contribution is -0.118. The van der Waals surface area contributed by atoms with Crippen molar-refractivity contribution in [1.82, 2.24) is 4.31 Å². The third kappa shape index (κ3) is 3.36. The first kappa shape index (κ1) is 15.3. The van der Waals surface area contributed by atoms with Crippen molar-refractivity contribution in [3.8, 4) is 0 Å². The molecule has 106 valence electrons. The predicted octanol–water partition coefficient (Wildman–Crippen LogP) is -0.195. The molecule has 1 aromatic rings. The Balaban J connectivity index is 3.19. The average molecular weight is 286 g/mol. The summed E-state index contributed by atoms with van der Waals surface area (Å²) >= 11 is 0. The number of nitrogens with two attached hydrogens (primary N) is 2. The van der Waals surface area contributed by atoms with Crippen LogP contribution in [0.5, 0.6) is 0 Å². The highest BCUT2D eigenvalue weighted by Crippen LogP contribution is 2.24. The second kappa shape index (κ2) is 5.45. The molecular weight excluding hydrogens is 268 g/mol. The molecule has 0 aliphatic rings. The minimum Gasteiger partial charge on any atom is -0.397 e. The molecule has 1 amide bonds. The number of nitrogen functional groups attached to an aromatic ring is 1. The highest BCUT2D eigenvalue weighted by molar-refractivity contribution is 7.89. The van der Waals surface area contributed by atoms with E-state index in [9.17, 15) is 13.2 Å². The van der Waals surface area contributed by atoms with Gasteiger partial charge in [0.2, 0.25) is 15.9 Å². The van der Waals surface area contributed by atoms with Gasteiger partial charge < -0.3 is 16.8 Å². The van der Waals surface area contributed by atoms with E-state index < -0.39 is 22.0 Å². The van der Waals surface area contributed by atoms with Crippen molar-refractivity contribution in [3.63, 3.8) is 0 Å². The van der Waals surface area contributed by atoms with Gasteiger partial charge in [-0.1, -0.05) is 0 Å². The maximum Gasteiger partial charge on any atom is 0.242 e. The van der Waals surface area contributed by atoms with E-state index in [0.29, 0.717) is 11.4 Å². The molecule has 0 heterocycles. The van der Waals surface area contributed by atoms with Crippen LogP contribution < -0.4 is 16.8 Å². The number of primary amides is 1. The second-order valence-electron chi connectivity index (χ2n) is 4.30. The number of amides is 1. The van der Waals surface area contributed by atoms with E-state index in [2.05, 4.69) is 5.32 Å². The lowest BCUT2D eigenvalue weighted by atomic mass is 10.2. The number of hydrogen-bond donors (Lipinski definition) is 3. The third-order valence-corrected chi connectivity index (χ3v) is 4.41. The van der Waals surface area contributed by atoms with Gasteiger partial charge in [-0.3, -0.25) is 4.79 Å². The number of nitrogens with one attached hydrogen (secondary N) is 1. The van der Waals surface area contributed by atoms with E-state index in [1.807, 2.05) is 0 Å². The molecule has 0 aliphatic heterocycles. The van der Waals surface area contributed by atoms with Gasteiger partial charge in [0.1, 0.15) is 6.04 Å². The molecule has 19 heavy (non-hydrogen) atoms. The molecule has 7 nitrogen and oxygen atoms in total. The number of nitrogens with zero attached hydrogens (tertiary/aromatic N) is 1. The van der Waals surface area contributed by atoms with E-state index in [1.54, 1.807) is 6.92 Å². The quantitative estimate of drug-likeness (QED) is 0.648. The van der Waals surface area contributed by atoms with Crippen LogP contribution in [-0.4, -0.2) is 38.8 Å². The van der Waals surface area contributed by atoms with Crippen molar-refractivity contribution >= 4 is 27.3 Å². The fourth-order valence-corrected chi connectivity index (χ4v) is 2.26. The summed E-state index contributed by atoms with van der Waals surface area (Å²) in [5.74, 6) is -0.555. The first-order chi connectivity index (χ1) is 8.66. The van der Waals surface area contributed by atoms with Gasteiger partial charge in [-0.05, 0) is 25.1 Å². The molecule has 5 N–H and O–H groups in total. The highest BCUT2D eigenvalue weighted by atomic mass is 32.2.